The van der Waals surface area contributed by atoms with Crippen molar-refractivity contribution < 1.29 is 9.13 Å². The summed E-state index contributed by atoms with van der Waals surface area (Å²) in [5, 5.41) is 1.08. The fourth-order valence-corrected chi connectivity index (χ4v) is 3.50. The second-order valence-electron chi connectivity index (χ2n) is 6.55. The van der Waals surface area contributed by atoms with Gasteiger partial charge in [0.25, 0.3) is 0 Å². The second-order valence-corrected chi connectivity index (χ2v) is 6.55. The van der Waals surface area contributed by atoms with Crippen LogP contribution in [0.15, 0.2) is 54.6 Å². The van der Waals surface area contributed by atoms with E-state index in [2.05, 4.69) is 21.9 Å². The molecule has 0 aliphatic carbocycles. The van der Waals surface area contributed by atoms with Crippen molar-refractivity contribution >= 4 is 16.6 Å². The van der Waals surface area contributed by atoms with Gasteiger partial charge in [-0.3, -0.25) is 4.90 Å². The fourth-order valence-electron chi connectivity index (χ4n) is 3.50. The predicted molar refractivity (Wildman–Crippen MR) is 102 cm³/mol. The smallest absolute Gasteiger partial charge is 0.146 e. The first-order valence-corrected chi connectivity index (χ1v) is 8.89. The molecule has 1 saturated heterocycles. The van der Waals surface area contributed by atoms with Crippen LogP contribution >= 0.6 is 0 Å². The average Bonchev–Trinajstić information content (AvgIpc) is 2.68. The van der Waals surface area contributed by atoms with Crippen LogP contribution in [-0.2, 0) is 6.54 Å². The lowest BCUT2D eigenvalue weighted by molar-refractivity contribution is 0.246. The van der Waals surface area contributed by atoms with Crippen molar-refractivity contribution in [2.24, 2.45) is 0 Å². The molecule has 0 bridgehead atoms. The zero-order chi connectivity index (χ0) is 17.9. The van der Waals surface area contributed by atoms with Crippen molar-refractivity contribution in [1.29, 1.82) is 0 Å². The van der Waals surface area contributed by atoms with Crippen LogP contribution in [-0.4, -0.2) is 43.2 Å². The summed E-state index contributed by atoms with van der Waals surface area (Å²) in [6.45, 7) is 4.20. The lowest BCUT2D eigenvalue weighted by Crippen LogP contribution is -2.46. The Balaban J connectivity index is 1.45. The van der Waals surface area contributed by atoms with Gasteiger partial charge < -0.3 is 9.64 Å². The molecule has 0 unspecified atom stereocenters. The normalized spacial score (nSPS) is 15.4. The van der Waals surface area contributed by atoms with E-state index in [0.29, 0.717) is 5.69 Å². The molecule has 26 heavy (non-hydrogen) atoms. The van der Waals surface area contributed by atoms with Crippen molar-refractivity contribution in [1.82, 2.24) is 9.88 Å². The highest BCUT2D eigenvalue weighted by molar-refractivity contribution is 5.84. The van der Waals surface area contributed by atoms with Gasteiger partial charge in [-0.25, -0.2) is 9.37 Å². The maximum Gasteiger partial charge on any atom is 0.146 e. The minimum atomic E-state index is -0.149. The number of rotatable bonds is 4. The highest BCUT2D eigenvalue weighted by Gasteiger charge is 2.19. The predicted octanol–water partition coefficient (Wildman–Crippen LogP) is 3.70. The summed E-state index contributed by atoms with van der Waals surface area (Å²) in [5.41, 5.74) is 2.62. The van der Waals surface area contributed by atoms with E-state index in [9.17, 15) is 4.39 Å². The van der Waals surface area contributed by atoms with Gasteiger partial charge in [0.2, 0.25) is 0 Å². The molecule has 1 aromatic heterocycles. The molecule has 3 aromatic rings. The first-order valence-electron chi connectivity index (χ1n) is 8.89. The molecule has 0 atom stereocenters. The van der Waals surface area contributed by atoms with Crippen LogP contribution in [0.25, 0.3) is 10.9 Å². The molecule has 0 saturated carbocycles. The topological polar surface area (TPSA) is 28.6 Å². The minimum absolute atomic E-state index is 0.149. The molecule has 5 heteroatoms. The maximum absolute atomic E-state index is 14.0. The number of piperazine rings is 1. The van der Waals surface area contributed by atoms with E-state index in [4.69, 9.17) is 9.72 Å². The van der Waals surface area contributed by atoms with Gasteiger partial charge >= 0.3 is 0 Å². The van der Waals surface area contributed by atoms with Crippen molar-refractivity contribution in [3.8, 4) is 5.75 Å². The Morgan fingerprint density at radius 2 is 1.77 bits per heavy atom. The van der Waals surface area contributed by atoms with Crippen LogP contribution in [0, 0.1) is 5.82 Å². The summed E-state index contributed by atoms with van der Waals surface area (Å²) in [6, 6.07) is 17.1. The minimum Gasteiger partial charge on any atom is -0.494 e. The second kappa shape index (κ2) is 7.30. The maximum atomic E-state index is 14.0. The number of ether oxygens (including phenoxy) is 1. The van der Waals surface area contributed by atoms with E-state index in [1.54, 1.807) is 13.2 Å². The molecule has 2 aromatic carbocycles. The molecular weight excluding hydrogens is 329 g/mol. The van der Waals surface area contributed by atoms with E-state index in [0.717, 1.165) is 55.1 Å². The quantitative estimate of drug-likeness (QED) is 0.717. The summed E-state index contributed by atoms with van der Waals surface area (Å²) in [5.74, 6) is 0.651. The molecule has 1 fully saturated rings. The molecular formula is C21H22FN3O. The van der Waals surface area contributed by atoms with Crippen LogP contribution in [0.4, 0.5) is 10.1 Å². The zero-order valence-corrected chi connectivity index (χ0v) is 14.9. The first kappa shape index (κ1) is 16.8. The number of anilines is 1. The third-order valence-corrected chi connectivity index (χ3v) is 4.91. The average molecular weight is 351 g/mol. The van der Waals surface area contributed by atoms with E-state index in [1.807, 2.05) is 30.3 Å². The molecule has 0 radical (unpaired) electrons. The van der Waals surface area contributed by atoms with Gasteiger partial charge in [-0.05, 0) is 24.3 Å². The molecule has 0 amide bonds. The van der Waals surface area contributed by atoms with E-state index >= 15 is 0 Å². The van der Waals surface area contributed by atoms with Gasteiger partial charge in [0.05, 0.1) is 18.5 Å². The number of hydrogen-bond donors (Lipinski definition) is 0. The fraction of sp³-hybridized carbons (Fsp3) is 0.286. The number of fused-ring (bicyclic) bond motifs is 1. The van der Waals surface area contributed by atoms with Crippen molar-refractivity contribution in [2.75, 3.05) is 38.2 Å². The Hall–Kier alpha value is -2.66. The molecule has 4 rings (SSSR count). The van der Waals surface area contributed by atoms with Crippen LogP contribution in [0.2, 0.25) is 0 Å². The number of benzene rings is 2. The highest BCUT2D eigenvalue weighted by Crippen LogP contribution is 2.24. The lowest BCUT2D eigenvalue weighted by atomic mass is 10.1. The Labute approximate surface area is 152 Å². The number of para-hydroxylation sites is 2. The summed E-state index contributed by atoms with van der Waals surface area (Å²) < 4.78 is 19.4. The monoisotopic (exact) mass is 351 g/mol. The standard InChI is InChI=1S/C21H22FN3O/c1-26-20-8-4-5-16-9-10-17(23-21(16)20)15-24-11-13-25(14-12-24)19-7-3-2-6-18(19)22/h2-10H,11-15H2,1H3. The largest absolute Gasteiger partial charge is 0.494 e. The van der Waals surface area contributed by atoms with Crippen LogP contribution in [0.3, 0.4) is 0 Å². The first-order chi connectivity index (χ1) is 12.7. The summed E-state index contributed by atoms with van der Waals surface area (Å²) >= 11 is 0. The van der Waals surface area contributed by atoms with E-state index < -0.39 is 0 Å². The number of pyridine rings is 1. The molecule has 134 valence electrons. The van der Waals surface area contributed by atoms with Gasteiger partial charge in [-0.1, -0.05) is 30.3 Å². The van der Waals surface area contributed by atoms with E-state index in [-0.39, 0.29) is 5.82 Å². The van der Waals surface area contributed by atoms with Crippen molar-refractivity contribution in [3.63, 3.8) is 0 Å². The van der Waals surface area contributed by atoms with Gasteiger partial charge in [-0.15, -0.1) is 0 Å². The van der Waals surface area contributed by atoms with Crippen molar-refractivity contribution in [2.45, 2.75) is 6.54 Å². The lowest BCUT2D eigenvalue weighted by Gasteiger charge is -2.36. The Bertz CT molecular complexity index is 907. The molecule has 1 aliphatic heterocycles. The molecule has 0 spiro atoms. The summed E-state index contributed by atoms with van der Waals surface area (Å²) in [4.78, 5) is 9.27. The Morgan fingerprint density at radius 1 is 0.962 bits per heavy atom. The number of nitrogens with zero attached hydrogens (tertiary/aromatic N) is 3. The summed E-state index contributed by atoms with van der Waals surface area (Å²) in [7, 11) is 1.67. The van der Waals surface area contributed by atoms with Gasteiger partial charge in [0.1, 0.15) is 17.1 Å². The van der Waals surface area contributed by atoms with Gasteiger partial charge in [0, 0.05) is 38.1 Å². The van der Waals surface area contributed by atoms with Crippen molar-refractivity contribution in [3.05, 3.63) is 66.1 Å². The molecule has 0 N–H and O–H groups in total. The Kier molecular flexibility index (Phi) is 4.71. The zero-order valence-electron chi connectivity index (χ0n) is 14.9. The molecule has 1 aliphatic rings. The van der Waals surface area contributed by atoms with Gasteiger partial charge in [0.15, 0.2) is 0 Å². The summed E-state index contributed by atoms with van der Waals surface area (Å²) in [6.07, 6.45) is 0. The third kappa shape index (κ3) is 3.35. The Morgan fingerprint density at radius 3 is 2.54 bits per heavy atom. The number of hydrogen-bond acceptors (Lipinski definition) is 4. The highest BCUT2D eigenvalue weighted by atomic mass is 19.1. The SMILES string of the molecule is COc1cccc2ccc(CN3CCN(c4ccccc4F)CC3)nc12. The van der Waals surface area contributed by atoms with Crippen LogP contribution in [0.1, 0.15) is 5.69 Å². The van der Waals surface area contributed by atoms with Gasteiger partial charge in [-0.2, -0.15) is 0 Å². The number of aromatic nitrogens is 1. The molecule has 4 nitrogen and oxygen atoms in total. The third-order valence-electron chi connectivity index (χ3n) is 4.91. The number of methoxy groups -OCH3 is 1. The van der Waals surface area contributed by atoms with E-state index in [1.165, 1.54) is 6.07 Å². The number of halogens is 1. The van der Waals surface area contributed by atoms with Crippen LogP contribution < -0.4 is 9.64 Å². The van der Waals surface area contributed by atoms with Crippen LogP contribution in [0.5, 0.6) is 5.75 Å². The molecule has 2 heterocycles.